The minimum absolute atomic E-state index is 0.192. The Morgan fingerprint density at radius 3 is 2.82 bits per heavy atom. The van der Waals surface area contributed by atoms with Gasteiger partial charge in [0.1, 0.15) is 0 Å². The van der Waals surface area contributed by atoms with Gasteiger partial charge in [0.2, 0.25) is 0 Å². The summed E-state index contributed by atoms with van der Waals surface area (Å²) < 4.78 is 22.6. The van der Waals surface area contributed by atoms with Gasteiger partial charge in [-0.3, -0.25) is 4.99 Å². The number of hydrogen-bond donors (Lipinski definition) is 1. The first-order chi connectivity index (χ1) is 7.93. The largest absolute Gasteiger partial charge is 0.364 e. The third-order valence-corrected chi connectivity index (χ3v) is 5.46. The number of aliphatic imine (C=N–C) groups is 1. The van der Waals surface area contributed by atoms with Crippen LogP contribution in [0.5, 0.6) is 0 Å². The molecule has 17 heavy (non-hydrogen) atoms. The van der Waals surface area contributed by atoms with Crippen molar-refractivity contribution in [2.45, 2.75) is 32.4 Å². The van der Waals surface area contributed by atoms with Crippen molar-refractivity contribution in [2.75, 3.05) is 24.6 Å². The fourth-order valence-electron chi connectivity index (χ4n) is 1.62. The maximum atomic E-state index is 11.3. The van der Waals surface area contributed by atoms with E-state index in [9.17, 15) is 8.42 Å². The minimum Gasteiger partial charge on any atom is -0.364 e. The topological polar surface area (TPSA) is 58.5 Å². The first kappa shape index (κ1) is 14.8. The number of sulfone groups is 1. The van der Waals surface area contributed by atoms with Gasteiger partial charge in [0.05, 0.1) is 12.3 Å². The zero-order valence-electron chi connectivity index (χ0n) is 10.8. The molecule has 1 rings (SSSR count). The Kier molecular flexibility index (Phi) is 5.79. The Morgan fingerprint density at radius 2 is 2.24 bits per heavy atom. The molecule has 1 heterocycles. The predicted octanol–water partition coefficient (Wildman–Crippen LogP) is 1.53. The van der Waals surface area contributed by atoms with Crippen LogP contribution in [0.15, 0.2) is 4.99 Å². The Balaban J connectivity index is 2.22. The maximum Gasteiger partial charge on any atom is 0.156 e. The van der Waals surface area contributed by atoms with E-state index in [0.29, 0.717) is 17.7 Å². The van der Waals surface area contributed by atoms with Gasteiger partial charge in [-0.15, -0.1) is 0 Å². The van der Waals surface area contributed by atoms with E-state index in [0.717, 1.165) is 18.1 Å². The molecule has 100 valence electrons. The van der Waals surface area contributed by atoms with Crippen LogP contribution in [-0.4, -0.2) is 43.4 Å². The van der Waals surface area contributed by atoms with Gasteiger partial charge >= 0.3 is 0 Å². The minimum atomic E-state index is -2.87. The summed E-state index contributed by atoms with van der Waals surface area (Å²) in [5, 5.41) is 4.57. The van der Waals surface area contributed by atoms with Crippen LogP contribution in [0.2, 0.25) is 0 Å². The zero-order chi connectivity index (χ0) is 12.9. The van der Waals surface area contributed by atoms with E-state index in [1.54, 1.807) is 18.7 Å². The highest BCUT2D eigenvalue weighted by Crippen LogP contribution is 2.25. The summed E-state index contributed by atoms with van der Waals surface area (Å²) in [6, 6.07) is 0. The number of hydrogen-bond acceptors (Lipinski definition) is 5. The number of nitrogens with zero attached hydrogens (tertiary/aromatic N) is 1. The Bertz CT molecular complexity index is 364. The summed E-state index contributed by atoms with van der Waals surface area (Å²) in [5.41, 5.74) is 0. The lowest BCUT2D eigenvalue weighted by atomic mass is 10.1. The van der Waals surface area contributed by atoms with Crippen molar-refractivity contribution in [3.8, 4) is 0 Å². The Morgan fingerprint density at radius 1 is 1.53 bits per heavy atom. The first-order valence-electron chi connectivity index (χ1n) is 6.08. The van der Waals surface area contributed by atoms with Crippen molar-refractivity contribution in [2.24, 2.45) is 10.9 Å². The van der Waals surface area contributed by atoms with E-state index in [1.807, 2.05) is 0 Å². The smallest absolute Gasteiger partial charge is 0.156 e. The standard InChI is InChI=1S/C11H22N2O2S2/c1-4-17(14,15)6-5-12-11-13-8-10(16-11)7-9(2)3/h9-10H,4-8H2,1-3H3,(H,12,13). The number of rotatable bonds is 6. The second kappa shape index (κ2) is 6.64. The third kappa shape index (κ3) is 5.77. The molecule has 1 N–H and O–H groups in total. The third-order valence-electron chi connectivity index (χ3n) is 2.58. The highest BCUT2D eigenvalue weighted by atomic mass is 32.2. The number of thioether (sulfide) groups is 1. The van der Waals surface area contributed by atoms with Crippen molar-refractivity contribution in [1.29, 1.82) is 0 Å². The summed E-state index contributed by atoms with van der Waals surface area (Å²) in [4.78, 5) is 4.39. The molecule has 0 aliphatic carbocycles. The maximum absolute atomic E-state index is 11.3. The SMILES string of the molecule is CCS(=O)(=O)CCNC1=NCC(CC(C)C)S1. The molecule has 0 amide bonds. The molecule has 0 saturated heterocycles. The molecule has 0 aromatic heterocycles. The van der Waals surface area contributed by atoms with E-state index < -0.39 is 9.84 Å². The van der Waals surface area contributed by atoms with Crippen molar-refractivity contribution in [3.05, 3.63) is 0 Å². The van der Waals surface area contributed by atoms with Crippen LogP contribution in [0.25, 0.3) is 0 Å². The van der Waals surface area contributed by atoms with Crippen LogP contribution in [0.4, 0.5) is 0 Å². The van der Waals surface area contributed by atoms with Gasteiger partial charge in [-0.1, -0.05) is 32.5 Å². The highest BCUT2D eigenvalue weighted by molar-refractivity contribution is 8.14. The fourth-order valence-corrected chi connectivity index (χ4v) is 3.60. The van der Waals surface area contributed by atoms with Crippen LogP contribution in [0.1, 0.15) is 27.2 Å². The van der Waals surface area contributed by atoms with E-state index >= 15 is 0 Å². The van der Waals surface area contributed by atoms with E-state index in [-0.39, 0.29) is 11.5 Å². The van der Waals surface area contributed by atoms with E-state index in [2.05, 4.69) is 24.2 Å². The zero-order valence-corrected chi connectivity index (χ0v) is 12.4. The molecule has 1 unspecified atom stereocenters. The van der Waals surface area contributed by atoms with Crippen molar-refractivity contribution in [3.63, 3.8) is 0 Å². The molecule has 0 saturated carbocycles. The van der Waals surface area contributed by atoms with Gasteiger partial charge in [0, 0.05) is 17.5 Å². The number of amidine groups is 1. The first-order valence-corrected chi connectivity index (χ1v) is 8.78. The highest BCUT2D eigenvalue weighted by Gasteiger charge is 2.20. The molecular weight excluding hydrogens is 256 g/mol. The fraction of sp³-hybridized carbons (Fsp3) is 0.909. The molecule has 0 radical (unpaired) electrons. The second-order valence-electron chi connectivity index (χ2n) is 4.68. The summed E-state index contributed by atoms with van der Waals surface area (Å²) >= 11 is 1.74. The monoisotopic (exact) mass is 278 g/mol. The lowest BCUT2D eigenvalue weighted by Gasteiger charge is -2.11. The van der Waals surface area contributed by atoms with E-state index in [4.69, 9.17) is 0 Å². The summed E-state index contributed by atoms with van der Waals surface area (Å²) in [7, 11) is -2.87. The normalized spacial score (nSPS) is 20.7. The summed E-state index contributed by atoms with van der Waals surface area (Å²) in [6.07, 6.45) is 1.16. The van der Waals surface area contributed by atoms with Gasteiger partial charge in [-0.25, -0.2) is 8.42 Å². The van der Waals surface area contributed by atoms with Gasteiger partial charge in [-0.05, 0) is 12.3 Å². The predicted molar refractivity (Wildman–Crippen MR) is 75.5 cm³/mol. The molecule has 4 nitrogen and oxygen atoms in total. The average Bonchev–Trinajstić information content (AvgIpc) is 2.64. The summed E-state index contributed by atoms with van der Waals surface area (Å²) in [5.74, 6) is 1.09. The van der Waals surface area contributed by atoms with Gasteiger partial charge in [0.25, 0.3) is 0 Å². The molecule has 6 heteroatoms. The van der Waals surface area contributed by atoms with Gasteiger partial charge in [0.15, 0.2) is 15.0 Å². The van der Waals surface area contributed by atoms with Crippen LogP contribution >= 0.6 is 11.8 Å². The molecule has 1 atom stereocenters. The molecule has 0 spiro atoms. The lowest BCUT2D eigenvalue weighted by molar-refractivity contribution is 0.575. The molecule has 1 aliphatic rings. The van der Waals surface area contributed by atoms with Crippen molar-refractivity contribution in [1.82, 2.24) is 5.32 Å². The van der Waals surface area contributed by atoms with Crippen LogP contribution in [0, 0.1) is 5.92 Å². The second-order valence-corrected chi connectivity index (χ2v) is 8.44. The Labute approximate surface area is 109 Å². The van der Waals surface area contributed by atoms with E-state index in [1.165, 1.54) is 0 Å². The Hall–Kier alpha value is -0.230. The van der Waals surface area contributed by atoms with Crippen molar-refractivity contribution >= 4 is 26.8 Å². The van der Waals surface area contributed by atoms with Crippen LogP contribution in [-0.2, 0) is 9.84 Å². The van der Waals surface area contributed by atoms with Gasteiger partial charge < -0.3 is 5.32 Å². The molecule has 0 fully saturated rings. The molecular formula is C11H22N2O2S2. The van der Waals surface area contributed by atoms with Gasteiger partial charge in [-0.2, -0.15) is 0 Å². The lowest BCUT2D eigenvalue weighted by Crippen LogP contribution is -2.27. The summed E-state index contributed by atoms with van der Waals surface area (Å²) in [6.45, 7) is 7.41. The molecule has 1 aliphatic heterocycles. The molecule has 0 bridgehead atoms. The average molecular weight is 278 g/mol. The molecule has 0 aromatic carbocycles. The van der Waals surface area contributed by atoms with Crippen molar-refractivity contribution < 1.29 is 8.42 Å². The number of nitrogens with one attached hydrogen (secondary N) is 1. The molecule has 0 aromatic rings. The quantitative estimate of drug-likeness (QED) is 0.800. The van der Waals surface area contributed by atoms with Crippen LogP contribution < -0.4 is 5.32 Å². The van der Waals surface area contributed by atoms with Crippen LogP contribution in [0.3, 0.4) is 0 Å².